The number of para-hydroxylation sites is 1. The Kier molecular flexibility index (Phi) is 5.68. The van der Waals surface area contributed by atoms with Crippen molar-refractivity contribution < 1.29 is 9.53 Å². The van der Waals surface area contributed by atoms with Gasteiger partial charge in [0.25, 0.3) is 5.91 Å². The van der Waals surface area contributed by atoms with Gasteiger partial charge in [-0.15, -0.1) is 0 Å². The van der Waals surface area contributed by atoms with E-state index >= 15 is 0 Å². The van der Waals surface area contributed by atoms with Gasteiger partial charge >= 0.3 is 0 Å². The number of rotatable bonds is 5. The maximum Gasteiger partial charge on any atom is 0.259 e. The highest BCUT2D eigenvalue weighted by Gasteiger charge is 2.18. The average molecular weight is 417 g/mol. The number of ether oxygens (including phenoxy) is 1. The van der Waals surface area contributed by atoms with Crippen LogP contribution in [0.5, 0.6) is 5.75 Å². The van der Waals surface area contributed by atoms with Crippen molar-refractivity contribution in [3.05, 3.63) is 89.8 Å². The molecule has 2 heterocycles. The predicted octanol–water partition coefficient (Wildman–Crippen LogP) is 5.12. The number of aromatic nitrogens is 3. The van der Waals surface area contributed by atoms with E-state index in [1.165, 1.54) is 6.20 Å². The minimum absolute atomic E-state index is 0.332. The number of hydrogen-bond acceptors (Lipinski definition) is 5. The Morgan fingerprint density at radius 1 is 0.967 bits per heavy atom. The zero-order chi connectivity index (χ0) is 20.9. The molecule has 1 N–H and O–H groups in total. The van der Waals surface area contributed by atoms with Crippen LogP contribution in [0.3, 0.4) is 0 Å². The third-order valence-electron chi connectivity index (χ3n) is 4.46. The SMILES string of the molecule is COc1ccc(-c2ncc(C(=O)Nc3ccccc3Cl)c(-c3ccncc3)n2)cc1. The number of hydrogen-bond donors (Lipinski definition) is 1. The van der Waals surface area contributed by atoms with Gasteiger partial charge in [0.1, 0.15) is 5.75 Å². The highest BCUT2D eigenvalue weighted by molar-refractivity contribution is 6.34. The molecule has 2 aromatic heterocycles. The summed E-state index contributed by atoms with van der Waals surface area (Å²) in [7, 11) is 1.61. The number of anilines is 1. The maximum atomic E-state index is 13.0. The van der Waals surface area contributed by atoms with Crippen molar-refractivity contribution in [3.63, 3.8) is 0 Å². The number of methoxy groups -OCH3 is 1. The maximum absolute atomic E-state index is 13.0. The Bertz CT molecular complexity index is 1180. The van der Waals surface area contributed by atoms with Crippen LogP contribution in [-0.4, -0.2) is 28.0 Å². The Morgan fingerprint density at radius 2 is 1.70 bits per heavy atom. The number of amides is 1. The van der Waals surface area contributed by atoms with Gasteiger partial charge < -0.3 is 10.1 Å². The van der Waals surface area contributed by atoms with E-state index in [9.17, 15) is 4.79 Å². The molecular weight excluding hydrogens is 400 g/mol. The quantitative estimate of drug-likeness (QED) is 0.488. The van der Waals surface area contributed by atoms with Crippen LogP contribution in [0.2, 0.25) is 5.02 Å². The molecule has 30 heavy (non-hydrogen) atoms. The molecular formula is C23H17ClN4O2. The van der Waals surface area contributed by atoms with Crippen molar-refractivity contribution in [2.24, 2.45) is 0 Å². The topological polar surface area (TPSA) is 77.0 Å². The molecule has 148 valence electrons. The first-order valence-corrected chi connectivity index (χ1v) is 9.51. The van der Waals surface area contributed by atoms with E-state index in [4.69, 9.17) is 16.3 Å². The van der Waals surface area contributed by atoms with Crippen molar-refractivity contribution in [3.8, 4) is 28.4 Å². The summed E-state index contributed by atoms with van der Waals surface area (Å²) in [4.78, 5) is 26.2. The van der Waals surface area contributed by atoms with Crippen LogP contribution < -0.4 is 10.1 Å². The van der Waals surface area contributed by atoms with E-state index in [2.05, 4.69) is 20.3 Å². The second-order valence-corrected chi connectivity index (χ2v) is 6.76. The lowest BCUT2D eigenvalue weighted by Crippen LogP contribution is -2.15. The summed E-state index contributed by atoms with van der Waals surface area (Å²) < 4.78 is 5.20. The summed E-state index contributed by atoms with van der Waals surface area (Å²) in [6, 6.07) is 18.1. The number of benzene rings is 2. The van der Waals surface area contributed by atoms with Gasteiger partial charge in [-0.05, 0) is 48.5 Å². The van der Waals surface area contributed by atoms with Crippen molar-refractivity contribution in [2.45, 2.75) is 0 Å². The first-order chi connectivity index (χ1) is 14.7. The zero-order valence-corrected chi connectivity index (χ0v) is 16.8. The number of nitrogens with one attached hydrogen (secondary N) is 1. The van der Waals surface area contributed by atoms with Crippen LogP contribution in [0.1, 0.15) is 10.4 Å². The molecule has 0 bridgehead atoms. The lowest BCUT2D eigenvalue weighted by molar-refractivity contribution is 0.102. The molecule has 0 fully saturated rings. The van der Waals surface area contributed by atoms with Crippen molar-refractivity contribution in [2.75, 3.05) is 12.4 Å². The summed E-state index contributed by atoms with van der Waals surface area (Å²) >= 11 is 6.18. The number of nitrogens with zero attached hydrogens (tertiary/aromatic N) is 3. The van der Waals surface area contributed by atoms with Gasteiger partial charge in [0.2, 0.25) is 0 Å². The second kappa shape index (κ2) is 8.71. The van der Waals surface area contributed by atoms with Gasteiger partial charge in [-0.2, -0.15) is 0 Å². The van der Waals surface area contributed by atoms with E-state index < -0.39 is 0 Å². The molecule has 4 aromatic rings. The fourth-order valence-corrected chi connectivity index (χ4v) is 3.09. The van der Waals surface area contributed by atoms with E-state index in [0.717, 1.165) is 16.9 Å². The summed E-state index contributed by atoms with van der Waals surface area (Å²) in [5.41, 5.74) is 2.92. The monoisotopic (exact) mass is 416 g/mol. The summed E-state index contributed by atoms with van der Waals surface area (Å²) in [5.74, 6) is 0.888. The molecule has 0 aliphatic heterocycles. The molecule has 0 radical (unpaired) electrons. The Balaban J connectivity index is 1.76. The van der Waals surface area contributed by atoms with Crippen molar-refractivity contribution in [1.82, 2.24) is 15.0 Å². The first kappa shape index (κ1) is 19.5. The molecule has 2 aromatic carbocycles. The molecule has 0 aliphatic rings. The second-order valence-electron chi connectivity index (χ2n) is 6.35. The van der Waals surface area contributed by atoms with E-state index in [1.54, 1.807) is 55.9 Å². The number of carbonyl (C=O) groups is 1. The lowest BCUT2D eigenvalue weighted by atomic mass is 10.1. The van der Waals surface area contributed by atoms with Crippen molar-refractivity contribution >= 4 is 23.2 Å². The van der Waals surface area contributed by atoms with Gasteiger partial charge in [-0.25, -0.2) is 9.97 Å². The van der Waals surface area contributed by atoms with Gasteiger partial charge in [0.05, 0.1) is 29.1 Å². The molecule has 0 aliphatic carbocycles. The molecule has 0 saturated heterocycles. The molecule has 7 heteroatoms. The van der Waals surface area contributed by atoms with Gasteiger partial charge in [0, 0.05) is 29.7 Å². The molecule has 4 rings (SSSR count). The molecule has 0 atom stereocenters. The fourth-order valence-electron chi connectivity index (χ4n) is 2.91. The number of carbonyl (C=O) groups excluding carboxylic acids is 1. The number of halogens is 1. The third-order valence-corrected chi connectivity index (χ3v) is 4.79. The zero-order valence-electron chi connectivity index (χ0n) is 16.0. The van der Waals surface area contributed by atoms with Crippen LogP contribution in [-0.2, 0) is 0 Å². The fraction of sp³-hybridized carbons (Fsp3) is 0.0435. The minimum atomic E-state index is -0.351. The highest BCUT2D eigenvalue weighted by atomic mass is 35.5. The molecule has 0 spiro atoms. The first-order valence-electron chi connectivity index (χ1n) is 9.13. The lowest BCUT2D eigenvalue weighted by Gasteiger charge is -2.12. The van der Waals surface area contributed by atoms with Gasteiger partial charge in [0.15, 0.2) is 5.82 Å². The summed E-state index contributed by atoms with van der Waals surface area (Å²) in [5, 5.41) is 3.28. The average Bonchev–Trinajstić information content (AvgIpc) is 2.81. The van der Waals surface area contributed by atoms with E-state index in [-0.39, 0.29) is 5.91 Å². The molecule has 6 nitrogen and oxygen atoms in total. The van der Waals surface area contributed by atoms with Crippen LogP contribution in [0.4, 0.5) is 5.69 Å². The van der Waals surface area contributed by atoms with Crippen LogP contribution in [0, 0.1) is 0 Å². The predicted molar refractivity (Wildman–Crippen MR) is 117 cm³/mol. The van der Waals surface area contributed by atoms with Gasteiger partial charge in [-0.1, -0.05) is 23.7 Å². The molecule has 1 amide bonds. The van der Waals surface area contributed by atoms with E-state index in [0.29, 0.717) is 27.8 Å². The van der Waals surface area contributed by atoms with Crippen LogP contribution >= 0.6 is 11.6 Å². The van der Waals surface area contributed by atoms with Crippen LogP contribution in [0.25, 0.3) is 22.6 Å². The standard InChI is InChI=1S/C23H17ClN4O2/c1-30-17-8-6-16(7-9-17)22-26-14-18(21(28-22)15-10-12-25-13-11-15)23(29)27-20-5-3-2-4-19(20)24/h2-14H,1H3,(H,27,29). The molecule has 0 unspecified atom stereocenters. The Hall–Kier alpha value is -3.77. The van der Waals surface area contributed by atoms with E-state index in [1.807, 2.05) is 24.3 Å². The molecule has 0 saturated carbocycles. The summed E-state index contributed by atoms with van der Waals surface area (Å²) in [6.45, 7) is 0. The number of pyridine rings is 1. The van der Waals surface area contributed by atoms with Crippen LogP contribution in [0.15, 0.2) is 79.3 Å². The highest BCUT2D eigenvalue weighted by Crippen LogP contribution is 2.27. The summed E-state index contributed by atoms with van der Waals surface area (Å²) in [6.07, 6.45) is 4.83. The third kappa shape index (κ3) is 4.14. The normalized spacial score (nSPS) is 10.5. The largest absolute Gasteiger partial charge is 0.497 e. The smallest absolute Gasteiger partial charge is 0.259 e. The van der Waals surface area contributed by atoms with Gasteiger partial charge in [-0.3, -0.25) is 9.78 Å². The minimum Gasteiger partial charge on any atom is -0.497 e. The van der Waals surface area contributed by atoms with Crippen molar-refractivity contribution in [1.29, 1.82) is 0 Å². The Labute approximate surface area is 178 Å². The Morgan fingerprint density at radius 3 is 2.40 bits per heavy atom.